The van der Waals surface area contributed by atoms with Gasteiger partial charge in [0.1, 0.15) is 22.2 Å². The van der Waals surface area contributed by atoms with Gasteiger partial charge in [-0.2, -0.15) is 0 Å². The molecule has 0 aliphatic carbocycles. The molecule has 1 heterocycles. The van der Waals surface area contributed by atoms with E-state index in [0.29, 0.717) is 6.07 Å². The van der Waals surface area contributed by atoms with E-state index in [4.69, 9.17) is 16.7 Å². The number of pyridine rings is 1. The number of halogens is 4. The molecule has 1 N–H and O–H groups in total. The molecule has 7 heteroatoms. The van der Waals surface area contributed by atoms with Gasteiger partial charge in [0.2, 0.25) is 0 Å². The first-order chi connectivity index (χ1) is 6.43. The second-order valence-electron chi connectivity index (χ2n) is 2.30. The van der Waals surface area contributed by atoms with E-state index in [2.05, 4.69) is 4.98 Å². The number of hydrogen-bond donors (Lipinski definition) is 1. The predicted octanol–water partition coefficient (Wildman–Crippen LogP) is 2.51. The third-order valence-electron chi connectivity index (χ3n) is 1.38. The van der Waals surface area contributed by atoms with E-state index >= 15 is 0 Å². The molecule has 0 aromatic carbocycles. The van der Waals surface area contributed by atoms with Crippen LogP contribution in [0.1, 0.15) is 22.5 Å². The van der Waals surface area contributed by atoms with Crippen LogP contribution >= 0.6 is 11.6 Å². The summed E-state index contributed by atoms with van der Waals surface area (Å²) in [5.74, 6) is -2.98. The average molecular weight is 226 g/mol. The van der Waals surface area contributed by atoms with Gasteiger partial charge >= 0.3 is 5.97 Å². The van der Waals surface area contributed by atoms with Crippen molar-refractivity contribution in [3.8, 4) is 0 Å². The molecule has 1 aromatic heterocycles. The molecule has 0 saturated carbocycles. The summed E-state index contributed by atoms with van der Waals surface area (Å²) in [5, 5.41) is 7.64. The molecule has 3 nitrogen and oxygen atoms in total. The lowest BCUT2D eigenvalue weighted by atomic mass is 10.2. The van der Waals surface area contributed by atoms with E-state index in [9.17, 15) is 18.0 Å². The fourth-order valence-electron chi connectivity index (χ4n) is 0.804. The summed E-state index contributed by atoms with van der Waals surface area (Å²) in [7, 11) is 0. The van der Waals surface area contributed by atoms with Crippen molar-refractivity contribution >= 4 is 17.6 Å². The molecule has 76 valence electrons. The fraction of sp³-hybridized carbons (Fsp3) is 0.143. The zero-order valence-electron chi connectivity index (χ0n) is 6.47. The van der Waals surface area contributed by atoms with Gasteiger partial charge in [-0.25, -0.2) is 22.9 Å². The molecular weight excluding hydrogens is 223 g/mol. The Morgan fingerprint density at radius 1 is 1.57 bits per heavy atom. The maximum Gasteiger partial charge on any atom is 0.341 e. The van der Waals surface area contributed by atoms with Crippen molar-refractivity contribution in [3.05, 3.63) is 28.3 Å². The van der Waals surface area contributed by atoms with Crippen molar-refractivity contribution in [2.75, 3.05) is 0 Å². The smallest absolute Gasteiger partial charge is 0.341 e. The molecule has 0 amide bonds. The lowest BCUT2D eigenvalue weighted by Gasteiger charge is -2.03. The third-order valence-corrected chi connectivity index (χ3v) is 1.66. The van der Waals surface area contributed by atoms with Gasteiger partial charge in [0, 0.05) is 6.07 Å². The highest BCUT2D eigenvalue weighted by atomic mass is 35.5. The first-order valence-corrected chi connectivity index (χ1v) is 3.68. The standard InChI is InChI=1S/C7H3ClF3NO2/c8-5-4(7(13)14)2(9)1-3(12-5)6(10)11/h1,6H,(H,13,14). The van der Waals surface area contributed by atoms with Crippen molar-refractivity contribution in [2.24, 2.45) is 0 Å². The Labute approximate surface area is 81.1 Å². The molecule has 1 aromatic rings. The largest absolute Gasteiger partial charge is 0.477 e. The van der Waals surface area contributed by atoms with Gasteiger partial charge in [0.25, 0.3) is 6.43 Å². The van der Waals surface area contributed by atoms with Gasteiger partial charge < -0.3 is 5.11 Å². The van der Waals surface area contributed by atoms with E-state index < -0.39 is 34.6 Å². The van der Waals surface area contributed by atoms with Crippen LogP contribution < -0.4 is 0 Å². The molecule has 1 rings (SSSR count). The van der Waals surface area contributed by atoms with Gasteiger partial charge in [-0.05, 0) is 0 Å². The zero-order valence-corrected chi connectivity index (χ0v) is 7.23. The van der Waals surface area contributed by atoms with Gasteiger partial charge in [-0.3, -0.25) is 0 Å². The number of aromatic nitrogens is 1. The Morgan fingerprint density at radius 2 is 2.14 bits per heavy atom. The number of aromatic carboxylic acids is 1. The third kappa shape index (κ3) is 1.95. The van der Waals surface area contributed by atoms with Crippen LogP contribution in [-0.4, -0.2) is 16.1 Å². The van der Waals surface area contributed by atoms with Crippen LogP contribution in [0.15, 0.2) is 6.07 Å². The average Bonchev–Trinajstić information content (AvgIpc) is 2.01. The van der Waals surface area contributed by atoms with Crippen LogP contribution in [0.5, 0.6) is 0 Å². The van der Waals surface area contributed by atoms with E-state index in [0.717, 1.165) is 0 Å². The fourth-order valence-corrected chi connectivity index (χ4v) is 1.07. The van der Waals surface area contributed by atoms with Crippen molar-refractivity contribution < 1.29 is 23.1 Å². The van der Waals surface area contributed by atoms with E-state index in [1.165, 1.54) is 0 Å². The highest BCUT2D eigenvalue weighted by Crippen LogP contribution is 2.23. The van der Waals surface area contributed by atoms with E-state index in [1.807, 2.05) is 0 Å². The lowest BCUT2D eigenvalue weighted by molar-refractivity contribution is 0.0690. The number of alkyl halides is 2. The minimum atomic E-state index is -3.00. The Bertz CT molecular complexity index is 360. The van der Waals surface area contributed by atoms with Crippen LogP contribution in [0.4, 0.5) is 13.2 Å². The molecule has 0 aliphatic heterocycles. The number of hydrogen-bond acceptors (Lipinski definition) is 2. The number of carbonyl (C=O) groups is 1. The lowest BCUT2D eigenvalue weighted by Crippen LogP contribution is -2.05. The highest BCUT2D eigenvalue weighted by molar-refractivity contribution is 6.32. The van der Waals surface area contributed by atoms with Crippen molar-refractivity contribution in [3.63, 3.8) is 0 Å². The Kier molecular flexibility index (Phi) is 2.95. The molecule has 0 spiro atoms. The summed E-state index contributed by atoms with van der Waals surface area (Å²) in [6.07, 6.45) is -3.00. The molecule has 0 fully saturated rings. The van der Waals surface area contributed by atoms with Crippen molar-refractivity contribution in [2.45, 2.75) is 6.43 Å². The topological polar surface area (TPSA) is 50.2 Å². The van der Waals surface area contributed by atoms with Crippen molar-refractivity contribution in [1.29, 1.82) is 0 Å². The minimum absolute atomic E-state index is 0.347. The summed E-state index contributed by atoms with van der Waals surface area (Å²) in [6, 6.07) is 0.347. The summed E-state index contributed by atoms with van der Waals surface area (Å²) in [6.45, 7) is 0. The summed E-state index contributed by atoms with van der Waals surface area (Å²) >= 11 is 5.21. The predicted molar refractivity (Wildman–Crippen MR) is 41.1 cm³/mol. The monoisotopic (exact) mass is 225 g/mol. The normalized spacial score (nSPS) is 10.6. The molecule has 0 unspecified atom stereocenters. The summed E-state index contributed by atoms with van der Waals surface area (Å²) in [5.41, 5.74) is -1.80. The number of carboxylic acids is 1. The Balaban J connectivity index is 3.32. The first-order valence-electron chi connectivity index (χ1n) is 3.31. The SMILES string of the molecule is O=C(O)c1c(F)cc(C(F)F)nc1Cl. The van der Waals surface area contributed by atoms with Gasteiger partial charge in [0.15, 0.2) is 0 Å². The number of nitrogens with zero attached hydrogens (tertiary/aromatic N) is 1. The summed E-state index contributed by atoms with van der Waals surface area (Å²) in [4.78, 5) is 13.4. The van der Waals surface area contributed by atoms with Crippen molar-refractivity contribution in [1.82, 2.24) is 4.98 Å². The van der Waals surface area contributed by atoms with Crippen LogP contribution in [0, 0.1) is 5.82 Å². The Hall–Kier alpha value is -1.30. The minimum Gasteiger partial charge on any atom is -0.477 e. The molecule has 0 atom stereocenters. The van der Waals surface area contributed by atoms with Crippen LogP contribution in [0.3, 0.4) is 0 Å². The Morgan fingerprint density at radius 3 is 2.50 bits per heavy atom. The maximum atomic E-state index is 12.9. The van der Waals surface area contributed by atoms with Crippen LogP contribution in [0.25, 0.3) is 0 Å². The van der Waals surface area contributed by atoms with E-state index in [-0.39, 0.29) is 0 Å². The van der Waals surface area contributed by atoms with Gasteiger partial charge in [-0.1, -0.05) is 11.6 Å². The van der Waals surface area contributed by atoms with Gasteiger partial charge in [-0.15, -0.1) is 0 Å². The first kappa shape index (κ1) is 10.8. The van der Waals surface area contributed by atoms with Crippen LogP contribution in [-0.2, 0) is 0 Å². The van der Waals surface area contributed by atoms with E-state index in [1.54, 1.807) is 0 Å². The summed E-state index contributed by atoms with van der Waals surface area (Å²) < 4.78 is 36.9. The number of rotatable bonds is 2. The highest BCUT2D eigenvalue weighted by Gasteiger charge is 2.20. The molecule has 0 aliphatic rings. The molecule has 0 saturated heterocycles. The van der Waals surface area contributed by atoms with Crippen LogP contribution in [0.2, 0.25) is 5.15 Å². The van der Waals surface area contributed by atoms with Gasteiger partial charge in [0.05, 0.1) is 0 Å². The maximum absolute atomic E-state index is 12.9. The quantitative estimate of drug-likeness (QED) is 0.787. The second-order valence-corrected chi connectivity index (χ2v) is 2.66. The molecule has 14 heavy (non-hydrogen) atoms. The zero-order chi connectivity index (χ0) is 10.9. The molecule has 0 bridgehead atoms. The molecular formula is C7H3ClF3NO2. The second kappa shape index (κ2) is 3.83. The molecule has 0 radical (unpaired) electrons. The number of carboxylic acid groups (broad SMARTS) is 1.